The summed E-state index contributed by atoms with van der Waals surface area (Å²) in [7, 11) is -1.58. The maximum atomic E-state index is 9.11. The van der Waals surface area contributed by atoms with E-state index in [1.165, 1.54) is 24.3 Å². The molecule has 0 aliphatic heterocycles. The Labute approximate surface area is 88.8 Å². The van der Waals surface area contributed by atoms with Gasteiger partial charge in [-0.05, 0) is 22.7 Å². The van der Waals surface area contributed by atoms with Gasteiger partial charge in [0.1, 0.15) is 0 Å². The molecule has 0 fully saturated rings. The van der Waals surface area contributed by atoms with Gasteiger partial charge in [-0.3, -0.25) is 0 Å². The van der Waals surface area contributed by atoms with Gasteiger partial charge < -0.3 is 10.0 Å². The standard InChI is InChI=1S/C11H10BNO2/c1-3-9-8(7-13)5-6-11(12(14)15)10(9)4-2/h3-6,14-15H,1-2H2. The summed E-state index contributed by atoms with van der Waals surface area (Å²) in [6.07, 6.45) is 2.98. The minimum atomic E-state index is -1.58. The SMILES string of the molecule is C=Cc1c(C#N)ccc(B(O)O)c1C=C. The lowest BCUT2D eigenvalue weighted by Gasteiger charge is -2.09. The van der Waals surface area contributed by atoms with Crippen LogP contribution in [0.3, 0.4) is 0 Å². The van der Waals surface area contributed by atoms with Gasteiger partial charge in [0.15, 0.2) is 0 Å². The fraction of sp³-hybridized carbons (Fsp3) is 0. The van der Waals surface area contributed by atoms with Gasteiger partial charge in [-0.15, -0.1) is 0 Å². The molecule has 0 unspecified atom stereocenters. The minimum Gasteiger partial charge on any atom is -0.423 e. The second-order valence-corrected chi connectivity index (χ2v) is 2.92. The van der Waals surface area contributed by atoms with E-state index in [0.717, 1.165) is 0 Å². The summed E-state index contributed by atoms with van der Waals surface area (Å²) in [6, 6.07) is 5.02. The highest BCUT2D eigenvalue weighted by Crippen LogP contribution is 2.15. The molecular formula is C11H10BNO2. The number of nitrogens with zero attached hydrogens (tertiary/aromatic N) is 1. The Morgan fingerprint density at radius 2 is 1.80 bits per heavy atom. The highest BCUT2D eigenvalue weighted by Gasteiger charge is 2.17. The van der Waals surface area contributed by atoms with E-state index in [2.05, 4.69) is 13.2 Å². The van der Waals surface area contributed by atoms with Crippen molar-refractivity contribution in [1.29, 1.82) is 5.26 Å². The number of hydrogen-bond donors (Lipinski definition) is 2. The third-order valence-electron chi connectivity index (χ3n) is 2.13. The smallest absolute Gasteiger partial charge is 0.423 e. The van der Waals surface area contributed by atoms with E-state index < -0.39 is 7.12 Å². The lowest BCUT2D eigenvalue weighted by atomic mass is 9.75. The molecule has 1 aromatic carbocycles. The van der Waals surface area contributed by atoms with Gasteiger partial charge >= 0.3 is 7.12 Å². The molecule has 0 bridgehead atoms. The van der Waals surface area contributed by atoms with E-state index in [0.29, 0.717) is 22.2 Å². The Kier molecular flexibility index (Phi) is 3.45. The van der Waals surface area contributed by atoms with Crippen LogP contribution in [0.4, 0.5) is 0 Å². The molecule has 4 heteroatoms. The highest BCUT2D eigenvalue weighted by atomic mass is 16.4. The van der Waals surface area contributed by atoms with Crippen LogP contribution in [0.15, 0.2) is 25.3 Å². The maximum Gasteiger partial charge on any atom is 0.489 e. The second-order valence-electron chi connectivity index (χ2n) is 2.92. The summed E-state index contributed by atoms with van der Waals surface area (Å²) in [6.45, 7) is 7.17. The third-order valence-corrected chi connectivity index (χ3v) is 2.13. The first-order chi connectivity index (χ1) is 7.15. The first-order valence-corrected chi connectivity index (χ1v) is 4.33. The summed E-state index contributed by atoms with van der Waals surface area (Å²) < 4.78 is 0. The first kappa shape index (κ1) is 11.3. The average Bonchev–Trinajstić information content (AvgIpc) is 2.26. The molecule has 0 atom stereocenters. The maximum absolute atomic E-state index is 9.11. The van der Waals surface area contributed by atoms with Crippen molar-refractivity contribution in [3.05, 3.63) is 42.0 Å². The van der Waals surface area contributed by atoms with E-state index >= 15 is 0 Å². The molecule has 0 aliphatic rings. The average molecular weight is 199 g/mol. The highest BCUT2D eigenvalue weighted by molar-refractivity contribution is 6.59. The molecule has 0 amide bonds. The Hall–Kier alpha value is -1.83. The zero-order valence-electron chi connectivity index (χ0n) is 8.14. The number of hydrogen-bond acceptors (Lipinski definition) is 3. The summed E-state index contributed by atoms with van der Waals surface area (Å²) in [5, 5.41) is 27.1. The van der Waals surface area contributed by atoms with Crippen LogP contribution in [-0.2, 0) is 0 Å². The quantitative estimate of drug-likeness (QED) is 0.697. The minimum absolute atomic E-state index is 0.318. The van der Waals surface area contributed by atoms with Gasteiger partial charge in [-0.2, -0.15) is 5.26 Å². The molecule has 0 radical (unpaired) electrons. The van der Waals surface area contributed by atoms with Crippen LogP contribution in [0.25, 0.3) is 12.2 Å². The van der Waals surface area contributed by atoms with E-state index in [1.807, 2.05) is 6.07 Å². The molecule has 0 saturated heterocycles. The van der Waals surface area contributed by atoms with Crippen molar-refractivity contribution in [2.24, 2.45) is 0 Å². The van der Waals surface area contributed by atoms with E-state index in [1.54, 1.807) is 0 Å². The normalized spacial score (nSPS) is 9.13. The molecule has 0 saturated carbocycles. The predicted octanol–water partition coefficient (Wildman–Crippen LogP) is 0.524. The Morgan fingerprint density at radius 1 is 1.20 bits per heavy atom. The van der Waals surface area contributed by atoms with Crippen molar-refractivity contribution < 1.29 is 10.0 Å². The topological polar surface area (TPSA) is 64.2 Å². The summed E-state index contributed by atoms with van der Waals surface area (Å²) in [5.74, 6) is 0. The molecule has 0 heterocycles. The van der Waals surface area contributed by atoms with E-state index in [9.17, 15) is 0 Å². The number of rotatable bonds is 3. The van der Waals surface area contributed by atoms with Crippen molar-refractivity contribution in [2.45, 2.75) is 0 Å². The zero-order valence-corrected chi connectivity index (χ0v) is 8.14. The number of nitriles is 1. The van der Waals surface area contributed by atoms with Crippen LogP contribution in [0, 0.1) is 11.3 Å². The van der Waals surface area contributed by atoms with Crippen LogP contribution >= 0.6 is 0 Å². The van der Waals surface area contributed by atoms with Crippen molar-refractivity contribution in [2.75, 3.05) is 0 Å². The molecule has 74 valence electrons. The molecule has 2 N–H and O–H groups in total. The molecule has 15 heavy (non-hydrogen) atoms. The Bertz CT molecular complexity index is 447. The lowest BCUT2D eigenvalue weighted by Crippen LogP contribution is -2.32. The van der Waals surface area contributed by atoms with Crippen molar-refractivity contribution in [3.8, 4) is 6.07 Å². The van der Waals surface area contributed by atoms with E-state index in [-0.39, 0.29) is 0 Å². The molecule has 3 nitrogen and oxygen atoms in total. The third kappa shape index (κ3) is 1.99. The summed E-state index contributed by atoms with van der Waals surface area (Å²) in [5.41, 5.74) is 1.85. The summed E-state index contributed by atoms with van der Waals surface area (Å²) >= 11 is 0. The Morgan fingerprint density at radius 3 is 2.20 bits per heavy atom. The van der Waals surface area contributed by atoms with Gasteiger partial charge in [0.25, 0.3) is 0 Å². The van der Waals surface area contributed by atoms with Crippen LogP contribution in [0.1, 0.15) is 16.7 Å². The molecular weight excluding hydrogens is 189 g/mol. The summed E-state index contributed by atoms with van der Waals surface area (Å²) in [4.78, 5) is 0. The van der Waals surface area contributed by atoms with Gasteiger partial charge in [-0.25, -0.2) is 0 Å². The second kappa shape index (κ2) is 4.60. The van der Waals surface area contributed by atoms with Crippen molar-refractivity contribution >= 4 is 24.7 Å². The van der Waals surface area contributed by atoms with Crippen molar-refractivity contribution in [3.63, 3.8) is 0 Å². The fourth-order valence-electron chi connectivity index (χ4n) is 1.42. The molecule has 0 aliphatic carbocycles. The van der Waals surface area contributed by atoms with Crippen LogP contribution in [0.5, 0.6) is 0 Å². The molecule has 1 aromatic rings. The largest absolute Gasteiger partial charge is 0.489 e. The number of benzene rings is 1. The lowest BCUT2D eigenvalue weighted by molar-refractivity contribution is 0.425. The van der Waals surface area contributed by atoms with Crippen LogP contribution < -0.4 is 5.46 Å². The molecule has 0 spiro atoms. The molecule has 1 rings (SSSR count). The van der Waals surface area contributed by atoms with Crippen LogP contribution in [-0.4, -0.2) is 17.2 Å². The van der Waals surface area contributed by atoms with Gasteiger partial charge in [0.05, 0.1) is 11.6 Å². The van der Waals surface area contributed by atoms with Gasteiger partial charge in [0, 0.05) is 0 Å². The van der Waals surface area contributed by atoms with Crippen molar-refractivity contribution in [1.82, 2.24) is 0 Å². The van der Waals surface area contributed by atoms with Crippen LogP contribution in [0.2, 0.25) is 0 Å². The first-order valence-electron chi connectivity index (χ1n) is 4.33. The zero-order chi connectivity index (χ0) is 11.4. The van der Waals surface area contributed by atoms with Gasteiger partial charge in [-0.1, -0.05) is 31.4 Å². The monoisotopic (exact) mass is 199 g/mol. The molecule has 0 aromatic heterocycles. The van der Waals surface area contributed by atoms with E-state index in [4.69, 9.17) is 15.3 Å². The predicted molar refractivity (Wildman–Crippen MR) is 61.2 cm³/mol. The van der Waals surface area contributed by atoms with Gasteiger partial charge in [0.2, 0.25) is 0 Å². The Balaban J connectivity index is 3.56. The fourth-order valence-corrected chi connectivity index (χ4v) is 1.42.